The van der Waals surface area contributed by atoms with E-state index in [1.54, 1.807) is 18.2 Å². The van der Waals surface area contributed by atoms with Crippen molar-refractivity contribution in [2.24, 2.45) is 0 Å². The molecule has 2 aromatic rings. The lowest BCUT2D eigenvalue weighted by atomic mass is 10.1. The van der Waals surface area contributed by atoms with Gasteiger partial charge in [-0.15, -0.1) is 0 Å². The van der Waals surface area contributed by atoms with Crippen molar-refractivity contribution < 1.29 is 23.5 Å². The Morgan fingerprint density at radius 1 is 1.04 bits per heavy atom. The zero-order valence-electron chi connectivity index (χ0n) is 14.8. The van der Waals surface area contributed by atoms with E-state index >= 15 is 0 Å². The molecule has 0 radical (unpaired) electrons. The highest BCUT2D eigenvalue weighted by atomic mass is 16.5. The standard InChI is InChI=1S/C19H22N2O5/c1-13-5-3-7-16(14(13)2)21-18(23)12-26-19(24)9-8-17(22)20-11-15-6-4-10-25-15/h3-7,10H,8-9,11-12H2,1-2H3,(H,20,22)(H,21,23). The molecule has 0 fully saturated rings. The average molecular weight is 358 g/mol. The maximum atomic E-state index is 11.9. The van der Waals surface area contributed by atoms with Gasteiger partial charge in [0, 0.05) is 12.1 Å². The minimum absolute atomic E-state index is 0.0157. The number of hydrogen-bond donors (Lipinski definition) is 2. The van der Waals surface area contributed by atoms with Crippen LogP contribution in [0.1, 0.15) is 29.7 Å². The monoisotopic (exact) mass is 358 g/mol. The molecule has 1 aromatic heterocycles. The summed E-state index contributed by atoms with van der Waals surface area (Å²) in [5.74, 6) is -0.689. The van der Waals surface area contributed by atoms with Crippen LogP contribution in [0.5, 0.6) is 0 Å². The number of benzene rings is 1. The Morgan fingerprint density at radius 3 is 2.58 bits per heavy atom. The van der Waals surface area contributed by atoms with Gasteiger partial charge in [-0.05, 0) is 43.2 Å². The Hall–Kier alpha value is -3.09. The molecule has 2 rings (SSSR count). The summed E-state index contributed by atoms with van der Waals surface area (Å²) in [6, 6.07) is 9.03. The second kappa shape index (κ2) is 9.41. The first-order valence-corrected chi connectivity index (χ1v) is 8.26. The number of carbonyl (C=O) groups excluding carboxylic acids is 3. The first-order chi connectivity index (χ1) is 12.5. The summed E-state index contributed by atoms with van der Waals surface area (Å²) in [6.45, 7) is 3.72. The number of esters is 1. The van der Waals surface area contributed by atoms with E-state index in [1.165, 1.54) is 6.26 Å². The first-order valence-electron chi connectivity index (χ1n) is 8.26. The lowest BCUT2D eigenvalue weighted by molar-refractivity contribution is -0.148. The molecule has 0 unspecified atom stereocenters. The normalized spacial score (nSPS) is 10.2. The second-order valence-corrected chi connectivity index (χ2v) is 5.81. The van der Waals surface area contributed by atoms with Gasteiger partial charge in [0.25, 0.3) is 5.91 Å². The summed E-state index contributed by atoms with van der Waals surface area (Å²) in [6.07, 6.45) is 1.40. The molecule has 7 heteroatoms. The third-order valence-corrected chi connectivity index (χ3v) is 3.84. The van der Waals surface area contributed by atoms with E-state index in [-0.39, 0.29) is 31.9 Å². The van der Waals surface area contributed by atoms with Crippen molar-refractivity contribution in [2.75, 3.05) is 11.9 Å². The summed E-state index contributed by atoms with van der Waals surface area (Å²) < 4.78 is 9.99. The smallest absolute Gasteiger partial charge is 0.306 e. The quantitative estimate of drug-likeness (QED) is 0.707. The number of aryl methyl sites for hydroxylation is 1. The minimum Gasteiger partial charge on any atom is -0.467 e. The van der Waals surface area contributed by atoms with Crippen LogP contribution < -0.4 is 10.6 Å². The van der Waals surface area contributed by atoms with Crippen LogP contribution in [0, 0.1) is 13.8 Å². The number of anilines is 1. The molecule has 7 nitrogen and oxygen atoms in total. The number of rotatable bonds is 8. The van der Waals surface area contributed by atoms with Crippen molar-refractivity contribution in [3.8, 4) is 0 Å². The fraction of sp³-hybridized carbons (Fsp3) is 0.316. The SMILES string of the molecule is Cc1cccc(NC(=O)COC(=O)CCC(=O)NCc2ccco2)c1C. The Bertz CT molecular complexity index is 768. The van der Waals surface area contributed by atoms with Crippen LogP contribution in [-0.4, -0.2) is 24.4 Å². The highest BCUT2D eigenvalue weighted by molar-refractivity contribution is 5.93. The number of hydrogen-bond acceptors (Lipinski definition) is 5. The van der Waals surface area contributed by atoms with Crippen LogP contribution in [0.25, 0.3) is 0 Å². The van der Waals surface area contributed by atoms with Crippen molar-refractivity contribution in [3.63, 3.8) is 0 Å². The zero-order valence-corrected chi connectivity index (χ0v) is 14.8. The van der Waals surface area contributed by atoms with Gasteiger partial charge >= 0.3 is 5.97 Å². The van der Waals surface area contributed by atoms with E-state index in [4.69, 9.17) is 9.15 Å². The number of amides is 2. The third-order valence-electron chi connectivity index (χ3n) is 3.84. The predicted molar refractivity (Wildman–Crippen MR) is 95.3 cm³/mol. The summed E-state index contributed by atoms with van der Waals surface area (Å²) >= 11 is 0. The van der Waals surface area contributed by atoms with Crippen LogP contribution in [-0.2, 0) is 25.7 Å². The average Bonchev–Trinajstić information content (AvgIpc) is 3.14. The topological polar surface area (TPSA) is 97.6 Å². The molecule has 0 aliphatic rings. The molecule has 0 bridgehead atoms. The molecule has 2 amide bonds. The van der Waals surface area contributed by atoms with Crippen LogP contribution in [0.4, 0.5) is 5.69 Å². The minimum atomic E-state index is -0.603. The molecule has 1 heterocycles. The lowest BCUT2D eigenvalue weighted by Crippen LogP contribution is -2.25. The number of ether oxygens (including phenoxy) is 1. The highest BCUT2D eigenvalue weighted by Crippen LogP contribution is 2.17. The maximum absolute atomic E-state index is 11.9. The Morgan fingerprint density at radius 2 is 1.85 bits per heavy atom. The summed E-state index contributed by atoms with van der Waals surface area (Å²) in [7, 11) is 0. The Labute approximate surface area is 151 Å². The summed E-state index contributed by atoms with van der Waals surface area (Å²) in [4.78, 5) is 35.2. The lowest BCUT2D eigenvalue weighted by Gasteiger charge is -2.10. The molecule has 0 aliphatic carbocycles. The molecule has 0 saturated carbocycles. The van der Waals surface area contributed by atoms with Gasteiger partial charge in [0.05, 0.1) is 19.2 Å². The molecule has 1 aromatic carbocycles. The van der Waals surface area contributed by atoms with Crippen LogP contribution in [0.2, 0.25) is 0 Å². The number of furan rings is 1. The van der Waals surface area contributed by atoms with Gasteiger partial charge in [-0.1, -0.05) is 12.1 Å². The Balaban J connectivity index is 1.65. The predicted octanol–water partition coefficient (Wildman–Crippen LogP) is 2.47. The first kappa shape index (κ1) is 19.2. The molecule has 0 spiro atoms. The molecule has 0 aliphatic heterocycles. The van der Waals surface area contributed by atoms with Crippen molar-refractivity contribution >= 4 is 23.5 Å². The van der Waals surface area contributed by atoms with Crippen LogP contribution in [0.3, 0.4) is 0 Å². The van der Waals surface area contributed by atoms with E-state index in [0.717, 1.165) is 11.1 Å². The van der Waals surface area contributed by atoms with Gasteiger partial charge in [-0.2, -0.15) is 0 Å². The molecule has 2 N–H and O–H groups in total. The van der Waals surface area contributed by atoms with Crippen molar-refractivity contribution in [3.05, 3.63) is 53.5 Å². The molecule has 26 heavy (non-hydrogen) atoms. The van der Waals surface area contributed by atoms with Crippen LogP contribution in [0.15, 0.2) is 41.0 Å². The summed E-state index contributed by atoms with van der Waals surface area (Å²) in [5, 5.41) is 5.33. The third kappa shape index (κ3) is 6.08. The molecular formula is C19H22N2O5. The van der Waals surface area contributed by atoms with E-state index < -0.39 is 11.9 Å². The van der Waals surface area contributed by atoms with Crippen LogP contribution >= 0.6 is 0 Å². The highest BCUT2D eigenvalue weighted by Gasteiger charge is 2.12. The molecule has 138 valence electrons. The van der Waals surface area contributed by atoms with Gasteiger partial charge in [0.2, 0.25) is 5.91 Å². The number of nitrogens with one attached hydrogen (secondary N) is 2. The maximum Gasteiger partial charge on any atom is 0.306 e. The fourth-order valence-corrected chi connectivity index (χ4v) is 2.19. The van der Waals surface area contributed by atoms with Gasteiger partial charge < -0.3 is 19.8 Å². The van der Waals surface area contributed by atoms with Gasteiger partial charge in [0.15, 0.2) is 6.61 Å². The Kier molecular flexibility index (Phi) is 6.96. The molecule has 0 atom stereocenters. The van der Waals surface area contributed by atoms with E-state index in [9.17, 15) is 14.4 Å². The van der Waals surface area contributed by atoms with Gasteiger partial charge in [-0.25, -0.2) is 0 Å². The van der Waals surface area contributed by atoms with Crippen molar-refractivity contribution in [1.82, 2.24) is 5.32 Å². The van der Waals surface area contributed by atoms with E-state index in [2.05, 4.69) is 10.6 Å². The summed E-state index contributed by atoms with van der Waals surface area (Å²) in [5.41, 5.74) is 2.70. The second-order valence-electron chi connectivity index (χ2n) is 5.81. The van der Waals surface area contributed by atoms with Gasteiger partial charge in [-0.3, -0.25) is 14.4 Å². The molecule has 0 saturated heterocycles. The van der Waals surface area contributed by atoms with Gasteiger partial charge in [0.1, 0.15) is 5.76 Å². The number of carbonyl (C=O) groups is 3. The van der Waals surface area contributed by atoms with Crippen molar-refractivity contribution in [1.29, 1.82) is 0 Å². The van der Waals surface area contributed by atoms with E-state index in [1.807, 2.05) is 26.0 Å². The fourth-order valence-electron chi connectivity index (χ4n) is 2.19. The van der Waals surface area contributed by atoms with E-state index in [0.29, 0.717) is 11.4 Å². The largest absolute Gasteiger partial charge is 0.467 e. The van der Waals surface area contributed by atoms with Crippen molar-refractivity contribution in [2.45, 2.75) is 33.2 Å². The molecular weight excluding hydrogens is 336 g/mol. The zero-order chi connectivity index (χ0) is 18.9.